The molecule has 2 radical (unpaired) electrons. The maximum atomic E-state index is 5.79. The first-order valence-electron chi connectivity index (χ1n) is 5.18. The molecule has 2 N–H and O–H groups in total. The smallest absolute Gasteiger partial charge is 0.116 e. The molecule has 0 atom stereocenters. The van der Waals surface area contributed by atoms with E-state index >= 15 is 0 Å². The molecule has 0 amide bonds. The Kier molecular flexibility index (Phi) is 2.54. The van der Waals surface area contributed by atoms with Crippen molar-refractivity contribution < 1.29 is 0 Å². The number of H-pyrrole nitrogens is 2. The molecule has 0 aliphatic carbocycles. The number of aromatic nitrogens is 2. The lowest BCUT2D eigenvalue weighted by Crippen LogP contribution is -1.96. The van der Waals surface area contributed by atoms with Crippen molar-refractivity contribution >= 4 is 35.1 Å². The van der Waals surface area contributed by atoms with Gasteiger partial charge < -0.3 is 9.97 Å². The Labute approximate surface area is 90.1 Å². The quantitative estimate of drug-likeness (QED) is 0.517. The van der Waals surface area contributed by atoms with Crippen LogP contribution in [0.15, 0.2) is 30.6 Å². The van der Waals surface area contributed by atoms with Crippen LogP contribution in [0.3, 0.4) is 0 Å². The van der Waals surface area contributed by atoms with E-state index in [-0.39, 0.29) is 0 Å². The first kappa shape index (κ1) is 9.90. The summed E-state index contributed by atoms with van der Waals surface area (Å²) in [5.41, 5.74) is 3.01. The third-order valence-electron chi connectivity index (χ3n) is 2.39. The monoisotopic (exact) mass is 196 g/mol. The Bertz CT molecular complexity index is 577. The minimum atomic E-state index is 0.798. The van der Waals surface area contributed by atoms with Crippen LogP contribution in [0.1, 0.15) is 13.8 Å². The van der Waals surface area contributed by atoms with E-state index in [9.17, 15) is 0 Å². The lowest BCUT2D eigenvalue weighted by atomic mass is 9.95. The summed E-state index contributed by atoms with van der Waals surface area (Å²) >= 11 is 0. The number of benzene rings is 1. The Balaban J connectivity index is 0.000000404. The van der Waals surface area contributed by atoms with Gasteiger partial charge in [-0.1, -0.05) is 19.3 Å². The predicted octanol–water partition coefficient (Wildman–Crippen LogP) is 2.47. The molecule has 2 heterocycles. The summed E-state index contributed by atoms with van der Waals surface area (Å²) in [5.74, 6) is 0. The summed E-state index contributed by atoms with van der Waals surface area (Å²) in [6, 6.07) is 6.21. The highest BCUT2D eigenvalue weighted by Gasteiger charge is 2.01. The molecule has 3 rings (SSSR count). The van der Waals surface area contributed by atoms with E-state index in [1.165, 1.54) is 5.39 Å². The van der Waals surface area contributed by atoms with Gasteiger partial charge in [-0.05, 0) is 29.8 Å². The van der Waals surface area contributed by atoms with Crippen molar-refractivity contribution in [2.45, 2.75) is 13.8 Å². The fourth-order valence-electron chi connectivity index (χ4n) is 1.69. The lowest BCUT2D eigenvalue weighted by molar-refractivity contribution is 1.48. The summed E-state index contributed by atoms with van der Waals surface area (Å²) in [7, 11) is 5.79. The van der Waals surface area contributed by atoms with Crippen LogP contribution < -0.4 is 5.46 Å². The van der Waals surface area contributed by atoms with E-state index in [0.29, 0.717) is 0 Å². The van der Waals surface area contributed by atoms with Gasteiger partial charge in [0, 0.05) is 22.6 Å². The highest BCUT2D eigenvalue weighted by molar-refractivity contribution is 6.39. The zero-order valence-electron chi connectivity index (χ0n) is 8.96. The molecule has 0 saturated carbocycles. The molecule has 15 heavy (non-hydrogen) atoms. The van der Waals surface area contributed by atoms with Gasteiger partial charge in [0.15, 0.2) is 0 Å². The van der Waals surface area contributed by atoms with Gasteiger partial charge in [0.2, 0.25) is 0 Å². The molecule has 1 aromatic carbocycles. The van der Waals surface area contributed by atoms with E-state index in [0.717, 1.165) is 21.9 Å². The van der Waals surface area contributed by atoms with Crippen molar-refractivity contribution in [1.82, 2.24) is 9.97 Å². The Morgan fingerprint density at radius 1 is 1.07 bits per heavy atom. The zero-order valence-corrected chi connectivity index (χ0v) is 8.96. The highest BCUT2D eigenvalue weighted by Crippen LogP contribution is 2.18. The first-order chi connectivity index (χ1) is 7.34. The minimum Gasteiger partial charge on any atom is -0.362 e. The number of rotatable bonds is 0. The second-order valence-corrected chi connectivity index (χ2v) is 3.21. The predicted molar refractivity (Wildman–Crippen MR) is 66.9 cm³/mol. The molecule has 0 saturated heterocycles. The van der Waals surface area contributed by atoms with Gasteiger partial charge in [-0.25, -0.2) is 0 Å². The van der Waals surface area contributed by atoms with Crippen LogP contribution in [-0.2, 0) is 0 Å². The molecule has 2 aromatic heterocycles. The SMILES string of the molecule is CC.[B]c1c[nH]c2cc3cc[nH]c3cc12. The fourth-order valence-corrected chi connectivity index (χ4v) is 1.69. The second-order valence-electron chi connectivity index (χ2n) is 3.21. The Morgan fingerprint density at radius 3 is 2.67 bits per heavy atom. The Morgan fingerprint density at radius 2 is 1.87 bits per heavy atom. The lowest BCUT2D eigenvalue weighted by Gasteiger charge is -1.93. The average molecular weight is 196 g/mol. The van der Waals surface area contributed by atoms with Crippen molar-refractivity contribution in [1.29, 1.82) is 0 Å². The minimum absolute atomic E-state index is 0.798. The van der Waals surface area contributed by atoms with Crippen molar-refractivity contribution in [3.63, 3.8) is 0 Å². The number of aromatic amines is 2. The van der Waals surface area contributed by atoms with E-state index in [4.69, 9.17) is 7.85 Å². The summed E-state index contributed by atoms with van der Waals surface area (Å²) < 4.78 is 0. The third kappa shape index (κ3) is 1.54. The zero-order chi connectivity index (χ0) is 10.8. The topological polar surface area (TPSA) is 31.6 Å². The Hall–Kier alpha value is -1.64. The molecule has 0 aliphatic heterocycles. The number of hydrogen-bond donors (Lipinski definition) is 2. The van der Waals surface area contributed by atoms with Crippen LogP contribution in [0, 0.1) is 0 Å². The van der Waals surface area contributed by atoms with Gasteiger partial charge in [-0.15, -0.1) is 0 Å². The van der Waals surface area contributed by atoms with E-state index in [1.54, 1.807) is 0 Å². The normalized spacial score (nSPS) is 10.3. The van der Waals surface area contributed by atoms with Crippen LogP contribution in [0.4, 0.5) is 0 Å². The van der Waals surface area contributed by atoms with Crippen molar-refractivity contribution in [3.05, 3.63) is 30.6 Å². The third-order valence-corrected chi connectivity index (χ3v) is 2.39. The maximum absolute atomic E-state index is 5.79. The molecule has 3 aromatic rings. The van der Waals surface area contributed by atoms with Crippen molar-refractivity contribution in [2.75, 3.05) is 0 Å². The molecule has 0 unspecified atom stereocenters. The molecule has 0 bridgehead atoms. The molecular weight excluding hydrogens is 183 g/mol. The molecule has 0 aliphatic rings. The largest absolute Gasteiger partial charge is 0.362 e. The molecule has 3 heteroatoms. The first-order valence-corrected chi connectivity index (χ1v) is 5.18. The molecule has 74 valence electrons. The summed E-state index contributed by atoms with van der Waals surface area (Å²) in [6.07, 6.45) is 3.75. The summed E-state index contributed by atoms with van der Waals surface area (Å²) in [6.45, 7) is 4.00. The average Bonchev–Trinajstić information content (AvgIpc) is 2.86. The van der Waals surface area contributed by atoms with Crippen molar-refractivity contribution in [2.24, 2.45) is 0 Å². The van der Waals surface area contributed by atoms with Gasteiger partial charge in [0.25, 0.3) is 0 Å². The van der Waals surface area contributed by atoms with Crippen LogP contribution in [0.25, 0.3) is 21.8 Å². The standard InChI is InChI=1S/C10H7BN2.C2H6/c11-8-5-13-10-3-6-1-2-12-9(6)4-7(8)10;1-2/h1-5,12-13H;1-2H3. The van der Waals surface area contributed by atoms with Crippen LogP contribution in [-0.4, -0.2) is 17.8 Å². The molecule has 2 nitrogen and oxygen atoms in total. The molecule has 0 fully saturated rings. The molecular formula is C12H13BN2. The number of nitrogens with one attached hydrogen (secondary N) is 2. The van der Waals surface area contributed by atoms with Crippen LogP contribution >= 0.6 is 0 Å². The van der Waals surface area contributed by atoms with Crippen LogP contribution in [0.2, 0.25) is 0 Å². The van der Waals surface area contributed by atoms with Crippen LogP contribution in [0.5, 0.6) is 0 Å². The van der Waals surface area contributed by atoms with Gasteiger partial charge in [0.05, 0.1) is 0 Å². The van der Waals surface area contributed by atoms with E-state index in [1.807, 2.05) is 32.3 Å². The summed E-state index contributed by atoms with van der Waals surface area (Å²) in [4.78, 5) is 6.29. The highest BCUT2D eigenvalue weighted by atomic mass is 14.7. The van der Waals surface area contributed by atoms with E-state index < -0.39 is 0 Å². The van der Waals surface area contributed by atoms with E-state index in [2.05, 4.69) is 22.1 Å². The number of hydrogen-bond acceptors (Lipinski definition) is 0. The fraction of sp³-hybridized carbons (Fsp3) is 0.167. The van der Waals surface area contributed by atoms with Crippen molar-refractivity contribution in [3.8, 4) is 0 Å². The van der Waals surface area contributed by atoms with Gasteiger partial charge in [-0.3, -0.25) is 0 Å². The second kappa shape index (κ2) is 3.85. The molecule has 0 spiro atoms. The van der Waals surface area contributed by atoms with Gasteiger partial charge in [0.1, 0.15) is 7.85 Å². The van der Waals surface area contributed by atoms with Gasteiger partial charge >= 0.3 is 0 Å². The summed E-state index contributed by atoms with van der Waals surface area (Å²) in [5, 5.41) is 2.28. The maximum Gasteiger partial charge on any atom is 0.116 e. The number of fused-ring (bicyclic) bond motifs is 2. The van der Waals surface area contributed by atoms with Gasteiger partial charge in [-0.2, -0.15) is 0 Å².